The molecule has 3 aromatic rings. The molecule has 2 aliphatic rings. The average Bonchev–Trinajstić information content (AvgIpc) is 2.95. The van der Waals surface area contributed by atoms with Crippen molar-refractivity contribution < 1.29 is 23.9 Å². The van der Waals surface area contributed by atoms with Crippen LogP contribution in [0, 0.1) is 0 Å². The lowest BCUT2D eigenvalue weighted by atomic mass is 9.73. The predicted molar refractivity (Wildman–Crippen MR) is 155 cm³/mol. The molecule has 0 atom stereocenters. The molecule has 4 amide bonds. The van der Waals surface area contributed by atoms with Gasteiger partial charge in [0.1, 0.15) is 17.1 Å². The first-order valence-corrected chi connectivity index (χ1v) is 13.4. The third-order valence-electron chi connectivity index (χ3n) is 7.51. The van der Waals surface area contributed by atoms with E-state index in [-0.39, 0.29) is 11.0 Å². The number of imide groups is 2. The number of para-hydroxylation sites is 2. The fraction of sp³-hybridized carbons (Fsp3) is 0.281. The molecule has 0 bridgehead atoms. The highest BCUT2D eigenvalue weighted by Crippen LogP contribution is 2.54. The van der Waals surface area contributed by atoms with E-state index in [2.05, 4.69) is 43.0 Å². The number of ether oxygens (including phenoxy) is 2. The topological polar surface area (TPSA) is 79.4 Å². The first kappa shape index (κ1) is 27.0. The van der Waals surface area contributed by atoms with Gasteiger partial charge < -0.3 is 14.4 Å². The molecule has 0 aliphatic carbocycles. The largest absolute Gasteiger partial charge is 0.493 e. The van der Waals surface area contributed by atoms with Gasteiger partial charge in [-0.3, -0.25) is 19.4 Å². The highest BCUT2D eigenvalue weighted by Gasteiger charge is 2.39. The number of hydrogen-bond donors (Lipinski definition) is 0. The van der Waals surface area contributed by atoms with Crippen LogP contribution in [-0.4, -0.2) is 55.0 Å². The monoisotopic (exact) mass is 539 g/mol. The number of hydrogen-bond acceptors (Lipinski definition) is 6. The Hall–Kier alpha value is -4.59. The molecule has 5 rings (SSSR count). The Morgan fingerprint density at radius 3 is 1.75 bits per heavy atom. The van der Waals surface area contributed by atoms with Crippen LogP contribution in [0.5, 0.6) is 11.5 Å². The van der Waals surface area contributed by atoms with E-state index >= 15 is 0 Å². The molecule has 206 valence electrons. The van der Waals surface area contributed by atoms with E-state index in [1.165, 1.54) is 31.3 Å². The van der Waals surface area contributed by atoms with Gasteiger partial charge in [0.15, 0.2) is 0 Å². The van der Waals surface area contributed by atoms with Crippen LogP contribution in [0.15, 0.2) is 66.2 Å². The van der Waals surface area contributed by atoms with Crippen LogP contribution in [0.25, 0.3) is 6.08 Å². The number of likely N-dealkylation sites (N-methyl/N-ethyl adjacent to an activating group) is 2. The van der Waals surface area contributed by atoms with Crippen molar-refractivity contribution in [2.45, 2.75) is 33.1 Å². The van der Waals surface area contributed by atoms with Gasteiger partial charge in [-0.05, 0) is 49.2 Å². The van der Waals surface area contributed by atoms with Crippen molar-refractivity contribution in [1.82, 2.24) is 9.80 Å². The summed E-state index contributed by atoms with van der Waals surface area (Å²) in [7, 11) is 2.71. The summed E-state index contributed by atoms with van der Waals surface area (Å²) in [5.41, 5.74) is 5.33. The lowest BCUT2D eigenvalue weighted by Gasteiger charge is -2.42. The minimum Gasteiger partial charge on any atom is -0.493 e. The summed E-state index contributed by atoms with van der Waals surface area (Å²) in [5, 5.41) is 0. The van der Waals surface area contributed by atoms with Crippen molar-refractivity contribution in [2.24, 2.45) is 0 Å². The highest BCUT2D eigenvalue weighted by atomic mass is 16.5. The number of benzene rings is 3. The van der Waals surface area contributed by atoms with Gasteiger partial charge >= 0.3 is 6.03 Å². The fourth-order valence-corrected chi connectivity index (χ4v) is 5.46. The van der Waals surface area contributed by atoms with Crippen LogP contribution in [0.2, 0.25) is 0 Å². The Morgan fingerprint density at radius 2 is 1.23 bits per heavy atom. The zero-order chi connectivity index (χ0) is 28.8. The Balaban J connectivity index is 1.75. The second-order valence-corrected chi connectivity index (χ2v) is 10.3. The molecule has 40 heavy (non-hydrogen) atoms. The summed E-state index contributed by atoms with van der Waals surface area (Å²) in [4.78, 5) is 42.2. The molecular formula is C32H33N3O5. The zero-order valence-electron chi connectivity index (χ0n) is 23.6. The van der Waals surface area contributed by atoms with Crippen LogP contribution in [-0.2, 0) is 15.0 Å². The summed E-state index contributed by atoms with van der Waals surface area (Å²) >= 11 is 0. The lowest BCUT2D eigenvalue weighted by Crippen LogP contribution is -2.52. The number of barbiturate groups is 1. The van der Waals surface area contributed by atoms with Gasteiger partial charge in [-0.1, -0.05) is 50.2 Å². The van der Waals surface area contributed by atoms with E-state index in [0.29, 0.717) is 30.3 Å². The number of amides is 4. The number of nitrogens with zero attached hydrogens (tertiary/aromatic N) is 3. The molecule has 3 aromatic carbocycles. The SMILES string of the molecule is CCOc1cc(N2c3ccccc3C(C)(C)c3ccccc32)c(OCC)cc1C=C1C(=O)N(C)C(=O)N(C)C1=O. The first-order valence-electron chi connectivity index (χ1n) is 13.4. The van der Waals surface area contributed by atoms with E-state index < -0.39 is 17.8 Å². The first-order chi connectivity index (χ1) is 19.1. The Bertz CT molecular complexity index is 1480. The third kappa shape index (κ3) is 4.20. The van der Waals surface area contributed by atoms with E-state index in [1.54, 1.807) is 6.07 Å². The highest BCUT2D eigenvalue weighted by molar-refractivity contribution is 6.30. The second kappa shape index (κ2) is 10.2. The van der Waals surface area contributed by atoms with Gasteiger partial charge in [0, 0.05) is 31.1 Å². The third-order valence-corrected chi connectivity index (χ3v) is 7.51. The van der Waals surface area contributed by atoms with E-state index in [1.807, 2.05) is 44.2 Å². The minimum absolute atomic E-state index is 0.129. The van der Waals surface area contributed by atoms with E-state index in [0.717, 1.165) is 26.9 Å². The van der Waals surface area contributed by atoms with Crippen LogP contribution in [0.3, 0.4) is 0 Å². The minimum atomic E-state index is -0.673. The molecule has 8 heteroatoms. The molecule has 0 aromatic heterocycles. The Morgan fingerprint density at radius 1 is 0.725 bits per heavy atom. The van der Waals surface area contributed by atoms with Crippen molar-refractivity contribution in [3.8, 4) is 11.5 Å². The van der Waals surface area contributed by atoms with Crippen LogP contribution >= 0.6 is 0 Å². The van der Waals surface area contributed by atoms with Crippen LogP contribution in [0.4, 0.5) is 21.9 Å². The molecule has 0 spiro atoms. The maximum absolute atomic E-state index is 12.9. The van der Waals surface area contributed by atoms with Crippen LogP contribution < -0.4 is 14.4 Å². The van der Waals surface area contributed by atoms with Gasteiger partial charge in [-0.25, -0.2) is 4.79 Å². The molecule has 0 unspecified atom stereocenters. The quantitative estimate of drug-likeness (QED) is 0.281. The van der Waals surface area contributed by atoms with Gasteiger partial charge in [0.25, 0.3) is 11.8 Å². The predicted octanol–water partition coefficient (Wildman–Crippen LogP) is 6.03. The van der Waals surface area contributed by atoms with Crippen molar-refractivity contribution in [3.05, 3.63) is 82.9 Å². The maximum Gasteiger partial charge on any atom is 0.333 e. The number of carbonyl (C=O) groups is 3. The van der Waals surface area contributed by atoms with Gasteiger partial charge in [0.05, 0.1) is 30.3 Å². The fourth-order valence-electron chi connectivity index (χ4n) is 5.46. The molecule has 0 radical (unpaired) electrons. The second-order valence-electron chi connectivity index (χ2n) is 10.3. The summed E-state index contributed by atoms with van der Waals surface area (Å²) < 4.78 is 12.2. The zero-order valence-corrected chi connectivity index (χ0v) is 23.6. The number of carbonyl (C=O) groups excluding carboxylic acids is 3. The van der Waals surface area contributed by atoms with Gasteiger partial charge in [-0.15, -0.1) is 0 Å². The number of fused-ring (bicyclic) bond motifs is 2. The molecule has 2 aliphatic heterocycles. The summed E-state index contributed by atoms with van der Waals surface area (Å²) in [6, 6.07) is 19.6. The van der Waals surface area contributed by atoms with E-state index in [9.17, 15) is 14.4 Å². The van der Waals surface area contributed by atoms with Gasteiger partial charge in [-0.2, -0.15) is 0 Å². The van der Waals surface area contributed by atoms with Gasteiger partial charge in [0.2, 0.25) is 0 Å². The normalized spacial score (nSPS) is 16.1. The number of rotatable bonds is 6. The molecule has 2 heterocycles. The molecule has 8 nitrogen and oxygen atoms in total. The average molecular weight is 540 g/mol. The molecule has 0 N–H and O–H groups in total. The number of anilines is 3. The van der Waals surface area contributed by atoms with Crippen molar-refractivity contribution in [3.63, 3.8) is 0 Å². The molecule has 1 saturated heterocycles. The van der Waals surface area contributed by atoms with Crippen molar-refractivity contribution in [2.75, 3.05) is 32.2 Å². The number of urea groups is 1. The Labute approximate surface area is 234 Å². The van der Waals surface area contributed by atoms with Crippen molar-refractivity contribution >= 4 is 41.0 Å². The van der Waals surface area contributed by atoms with E-state index in [4.69, 9.17) is 9.47 Å². The summed E-state index contributed by atoms with van der Waals surface area (Å²) in [5.74, 6) is -0.288. The molecule has 0 saturated carbocycles. The molecular weight excluding hydrogens is 506 g/mol. The smallest absolute Gasteiger partial charge is 0.333 e. The van der Waals surface area contributed by atoms with Crippen molar-refractivity contribution in [1.29, 1.82) is 0 Å². The Kier molecular flexibility index (Phi) is 6.87. The summed E-state index contributed by atoms with van der Waals surface area (Å²) in [6.45, 7) is 9.00. The molecule has 1 fully saturated rings. The van der Waals surface area contributed by atoms with Crippen LogP contribution in [0.1, 0.15) is 44.4 Å². The summed E-state index contributed by atoms with van der Waals surface area (Å²) in [6.07, 6.45) is 1.47. The standard InChI is InChI=1S/C32H33N3O5/c1-7-39-27-19-26(35-24-15-11-9-13-22(24)32(3,4)23-14-10-12-16-25(23)35)28(40-8-2)18-20(27)17-21-29(36)33(5)31(38)34(6)30(21)37/h9-19H,7-8H2,1-6H3. The maximum atomic E-state index is 12.9. The lowest BCUT2D eigenvalue weighted by molar-refractivity contribution is -0.134.